The fourth-order valence-electron chi connectivity index (χ4n) is 2.43. The molecule has 0 amide bonds. The smallest absolute Gasteiger partial charge is 0.338 e. The summed E-state index contributed by atoms with van der Waals surface area (Å²) in [5, 5.41) is 7.91. The van der Waals surface area contributed by atoms with Gasteiger partial charge in [0.05, 0.1) is 26.9 Å². The van der Waals surface area contributed by atoms with Gasteiger partial charge in [0.2, 0.25) is 11.6 Å². The van der Waals surface area contributed by atoms with Gasteiger partial charge in [-0.15, -0.1) is 10.2 Å². The fourth-order valence-corrected chi connectivity index (χ4v) is 2.79. The van der Waals surface area contributed by atoms with Crippen molar-refractivity contribution in [3.05, 3.63) is 51.4 Å². The Morgan fingerprint density at radius 1 is 1.00 bits per heavy atom. The summed E-state index contributed by atoms with van der Waals surface area (Å²) in [6.45, 7) is -0.137. The Kier molecular flexibility index (Phi) is 6.34. The minimum absolute atomic E-state index is 0.137. The maximum atomic E-state index is 12.1. The average molecular weight is 496 g/mol. The topological polar surface area (TPSA) is 92.9 Å². The van der Waals surface area contributed by atoms with E-state index in [1.807, 2.05) is 12.1 Å². The number of halogens is 1. The third-order valence-electron chi connectivity index (χ3n) is 3.79. The Bertz CT molecular complexity index is 946. The lowest BCUT2D eigenvalue weighted by Gasteiger charge is -2.12. The van der Waals surface area contributed by atoms with E-state index in [0.717, 1.165) is 3.57 Å². The lowest BCUT2D eigenvalue weighted by Crippen LogP contribution is -2.05. The summed E-state index contributed by atoms with van der Waals surface area (Å²) >= 11 is 2.16. The van der Waals surface area contributed by atoms with Gasteiger partial charge < -0.3 is 23.4 Å². The highest BCUT2D eigenvalue weighted by atomic mass is 127. The van der Waals surface area contributed by atoms with Gasteiger partial charge in [-0.05, 0) is 59.0 Å². The van der Waals surface area contributed by atoms with Gasteiger partial charge in [0.1, 0.15) is 0 Å². The molecule has 0 atom stereocenters. The first-order chi connectivity index (χ1) is 13.5. The Morgan fingerprint density at radius 2 is 1.64 bits per heavy atom. The molecule has 0 unspecified atom stereocenters. The van der Waals surface area contributed by atoms with E-state index in [1.165, 1.54) is 21.3 Å². The second kappa shape index (κ2) is 8.91. The van der Waals surface area contributed by atoms with Gasteiger partial charge in [-0.25, -0.2) is 4.79 Å². The minimum Gasteiger partial charge on any atom is -0.493 e. The summed E-state index contributed by atoms with van der Waals surface area (Å²) in [6.07, 6.45) is 0. The van der Waals surface area contributed by atoms with E-state index in [2.05, 4.69) is 32.8 Å². The van der Waals surface area contributed by atoms with Crippen LogP contribution in [0.15, 0.2) is 40.8 Å². The normalized spacial score (nSPS) is 10.4. The summed E-state index contributed by atoms with van der Waals surface area (Å²) in [5.41, 5.74) is 1.03. The Hall–Kier alpha value is -2.82. The summed E-state index contributed by atoms with van der Waals surface area (Å²) in [6, 6.07) is 10.4. The van der Waals surface area contributed by atoms with E-state index in [1.54, 1.807) is 24.3 Å². The molecule has 0 aliphatic rings. The van der Waals surface area contributed by atoms with Crippen molar-refractivity contribution in [3.8, 4) is 28.7 Å². The van der Waals surface area contributed by atoms with Crippen molar-refractivity contribution < 1.29 is 28.2 Å². The van der Waals surface area contributed by atoms with Crippen LogP contribution in [0.3, 0.4) is 0 Å². The Balaban J connectivity index is 1.75. The number of nitrogens with zero attached hydrogens (tertiary/aromatic N) is 2. The van der Waals surface area contributed by atoms with Gasteiger partial charge >= 0.3 is 5.97 Å². The molecule has 0 saturated heterocycles. The molecule has 0 saturated carbocycles. The van der Waals surface area contributed by atoms with Crippen molar-refractivity contribution in [1.29, 1.82) is 0 Å². The molecular weight excluding hydrogens is 479 g/mol. The summed E-state index contributed by atoms with van der Waals surface area (Å²) in [4.78, 5) is 12.1. The number of methoxy groups -OCH3 is 3. The molecule has 3 aromatic rings. The summed E-state index contributed by atoms with van der Waals surface area (Å²) < 4.78 is 27.8. The van der Waals surface area contributed by atoms with Crippen molar-refractivity contribution in [3.63, 3.8) is 0 Å². The second-order valence-corrected chi connectivity index (χ2v) is 6.74. The van der Waals surface area contributed by atoms with Crippen LogP contribution in [0.5, 0.6) is 17.2 Å². The lowest BCUT2D eigenvalue weighted by atomic mass is 10.2. The number of ether oxygens (including phenoxy) is 4. The second-order valence-electron chi connectivity index (χ2n) is 5.50. The molecular formula is C19H17IN2O6. The van der Waals surface area contributed by atoms with Crippen molar-refractivity contribution in [1.82, 2.24) is 10.2 Å². The number of rotatable bonds is 7. The largest absolute Gasteiger partial charge is 0.493 e. The van der Waals surface area contributed by atoms with Crippen LogP contribution < -0.4 is 14.2 Å². The summed E-state index contributed by atoms with van der Waals surface area (Å²) in [5.74, 6) is 1.31. The highest BCUT2D eigenvalue weighted by Crippen LogP contribution is 2.40. The molecule has 0 N–H and O–H groups in total. The maximum Gasteiger partial charge on any atom is 0.338 e. The van der Waals surface area contributed by atoms with E-state index in [-0.39, 0.29) is 18.4 Å². The standard InChI is InChI=1S/C19H17IN2O6/c1-24-14-8-12(9-15(25-2)17(14)26-3)18-22-21-16(28-18)10-27-19(23)11-4-6-13(20)7-5-11/h4-9H,10H2,1-3H3. The van der Waals surface area contributed by atoms with Crippen molar-refractivity contribution in [2.24, 2.45) is 0 Å². The van der Waals surface area contributed by atoms with Gasteiger partial charge in [-0.1, -0.05) is 0 Å². The monoisotopic (exact) mass is 496 g/mol. The van der Waals surface area contributed by atoms with Gasteiger partial charge in [-0.3, -0.25) is 0 Å². The van der Waals surface area contributed by atoms with Crippen molar-refractivity contribution in [2.45, 2.75) is 6.61 Å². The molecule has 1 heterocycles. The number of benzene rings is 2. The van der Waals surface area contributed by atoms with E-state index in [9.17, 15) is 4.79 Å². The molecule has 0 radical (unpaired) electrons. The average Bonchev–Trinajstić information content (AvgIpc) is 3.20. The number of hydrogen-bond acceptors (Lipinski definition) is 8. The quantitative estimate of drug-likeness (QED) is 0.361. The van der Waals surface area contributed by atoms with Crippen LogP contribution in [0, 0.1) is 3.57 Å². The van der Waals surface area contributed by atoms with Gasteiger partial charge in [-0.2, -0.15) is 0 Å². The zero-order chi connectivity index (χ0) is 20.1. The van der Waals surface area contributed by atoms with Crippen molar-refractivity contribution >= 4 is 28.6 Å². The van der Waals surface area contributed by atoms with Crippen LogP contribution in [-0.2, 0) is 11.3 Å². The first-order valence-electron chi connectivity index (χ1n) is 8.11. The van der Waals surface area contributed by atoms with Crippen LogP contribution >= 0.6 is 22.6 Å². The van der Waals surface area contributed by atoms with Gasteiger partial charge in [0.25, 0.3) is 5.89 Å². The SMILES string of the molecule is COc1cc(-c2nnc(COC(=O)c3ccc(I)cc3)o2)cc(OC)c1OC. The molecule has 9 heteroatoms. The van der Waals surface area contributed by atoms with Crippen LogP contribution in [-0.4, -0.2) is 37.5 Å². The van der Waals surface area contributed by atoms with Crippen LogP contribution in [0.25, 0.3) is 11.5 Å². The Morgan fingerprint density at radius 3 is 2.21 bits per heavy atom. The number of carbonyl (C=O) groups is 1. The molecule has 146 valence electrons. The first kappa shape index (κ1) is 19.9. The van der Waals surface area contributed by atoms with Crippen molar-refractivity contribution in [2.75, 3.05) is 21.3 Å². The van der Waals surface area contributed by atoms with Crippen LogP contribution in [0.1, 0.15) is 16.2 Å². The molecule has 0 spiro atoms. The van der Waals surface area contributed by atoms with E-state index >= 15 is 0 Å². The zero-order valence-corrected chi connectivity index (χ0v) is 17.6. The molecule has 28 heavy (non-hydrogen) atoms. The van der Waals surface area contributed by atoms with Gasteiger partial charge in [0, 0.05) is 9.13 Å². The van der Waals surface area contributed by atoms with E-state index in [4.69, 9.17) is 23.4 Å². The predicted molar refractivity (Wildman–Crippen MR) is 108 cm³/mol. The zero-order valence-electron chi connectivity index (χ0n) is 15.4. The molecule has 8 nitrogen and oxygen atoms in total. The third kappa shape index (κ3) is 4.35. The minimum atomic E-state index is -0.469. The molecule has 0 aliphatic carbocycles. The molecule has 1 aromatic heterocycles. The number of hydrogen-bond donors (Lipinski definition) is 0. The maximum absolute atomic E-state index is 12.1. The third-order valence-corrected chi connectivity index (χ3v) is 4.50. The fraction of sp³-hybridized carbons (Fsp3) is 0.211. The van der Waals surface area contributed by atoms with E-state index in [0.29, 0.717) is 28.4 Å². The molecule has 0 aliphatic heterocycles. The first-order valence-corrected chi connectivity index (χ1v) is 9.19. The van der Waals surface area contributed by atoms with Crippen LogP contribution in [0.4, 0.5) is 0 Å². The lowest BCUT2D eigenvalue weighted by molar-refractivity contribution is 0.0438. The summed E-state index contributed by atoms with van der Waals surface area (Å²) in [7, 11) is 4.56. The predicted octanol–water partition coefficient (Wildman–Crippen LogP) is 3.72. The molecule has 2 aromatic carbocycles. The number of aromatic nitrogens is 2. The van der Waals surface area contributed by atoms with Gasteiger partial charge in [0.15, 0.2) is 18.1 Å². The Labute approximate surface area is 174 Å². The molecule has 3 rings (SSSR count). The number of esters is 1. The number of carbonyl (C=O) groups excluding carboxylic acids is 1. The highest BCUT2D eigenvalue weighted by Gasteiger charge is 2.18. The molecule has 0 fully saturated rings. The van der Waals surface area contributed by atoms with Crippen LogP contribution in [0.2, 0.25) is 0 Å². The highest BCUT2D eigenvalue weighted by molar-refractivity contribution is 14.1. The van der Waals surface area contributed by atoms with E-state index < -0.39 is 5.97 Å². The molecule has 0 bridgehead atoms.